The summed E-state index contributed by atoms with van der Waals surface area (Å²) < 4.78 is 0. The second kappa shape index (κ2) is 4.69. The summed E-state index contributed by atoms with van der Waals surface area (Å²) in [7, 11) is 0. The van der Waals surface area contributed by atoms with Crippen molar-refractivity contribution in [3.8, 4) is 0 Å². The minimum Gasteiger partial charge on any atom is -0.330 e. The van der Waals surface area contributed by atoms with Crippen LogP contribution in [0.15, 0.2) is 0 Å². The fraction of sp³-hybridized carbons (Fsp3) is 1.00. The van der Waals surface area contributed by atoms with Crippen molar-refractivity contribution >= 4 is 0 Å². The highest BCUT2D eigenvalue weighted by molar-refractivity contribution is 4.65. The molecule has 9 heavy (non-hydrogen) atoms. The number of hydrogen-bond donors (Lipinski definition) is 4. The van der Waals surface area contributed by atoms with Gasteiger partial charge in [-0.3, -0.25) is 0 Å². The molecule has 1 atom stereocenters. The van der Waals surface area contributed by atoms with Crippen LogP contribution >= 0.6 is 0 Å². The maximum atomic E-state index is 5.55. The van der Waals surface area contributed by atoms with Gasteiger partial charge in [-0.05, 0) is 19.4 Å². The Hall–Kier alpha value is -0.160. The highest BCUT2D eigenvalue weighted by Gasteiger charge is 2.03. The molecule has 0 aromatic rings. The lowest BCUT2D eigenvalue weighted by Gasteiger charge is -2.11. The highest BCUT2D eigenvalue weighted by atomic mass is 14.9. The fourth-order valence-corrected chi connectivity index (χ4v) is 0.682. The molecule has 0 saturated heterocycles. The van der Waals surface area contributed by atoms with Crippen LogP contribution in [0, 0.1) is 0 Å². The fourth-order valence-electron chi connectivity index (χ4n) is 0.682. The summed E-state index contributed by atoms with van der Waals surface area (Å²) in [5.41, 5.74) is 21.3. The van der Waals surface area contributed by atoms with E-state index in [0.717, 1.165) is 6.42 Å². The van der Waals surface area contributed by atoms with Gasteiger partial charge in [-0.1, -0.05) is 0 Å². The SMILES string of the molecule is NCCC(N)CC(N)N. The number of nitrogens with two attached hydrogens (primary N) is 4. The number of hydrogen-bond acceptors (Lipinski definition) is 4. The summed E-state index contributed by atoms with van der Waals surface area (Å²) in [6.45, 7) is 0.605. The van der Waals surface area contributed by atoms with Gasteiger partial charge in [0.05, 0.1) is 6.17 Å². The summed E-state index contributed by atoms with van der Waals surface area (Å²) in [5, 5.41) is 0. The summed E-state index contributed by atoms with van der Waals surface area (Å²) in [6.07, 6.45) is 1.15. The topological polar surface area (TPSA) is 104 Å². The van der Waals surface area contributed by atoms with Crippen molar-refractivity contribution in [3.05, 3.63) is 0 Å². The van der Waals surface area contributed by atoms with Crippen molar-refractivity contribution in [2.75, 3.05) is 6.54 Å². The van der Waals surface area contributed by atoms with Crippen LogP contribution in [0.3, 0.4) is 0 Å². The van der Waals surface area contributed by atoms with Gasteiger partial charge in [0.25, 0.3) is 0 Å². The Morgan fingerprint density at radius 1 is 1.11 bits per heavy atom. The van der Waals surface area contributed by atoms with Crippen LogP contribution in [0.25, 0.3) is 0 Å². The van der Waals surface area contributed by atoms with Crippen molar-refractivity contribution < 1.29 is 0 Å². The van der Waals surface area contributed by atoms with Crippen molar-refractivity contribution in [1.82, 2.24) is 0 Å². The molecule has 0 aromatic carbocycles. The van der Waals surface area contributed by atoms with E-state index in [1.165, 1.54) is 0 Å². The molecule has 0 aliphatic rings. The predicted molar refractivity (Wildman–Crippen MR) is 38.4 cm³/mol. The number of rotatable bonds is 4. The Labute approximate surface area is 55.6 Å². The van der Waals surface area contributed by atoms with E-state index in [1.807, 2.05) is 0 Å². The zero-order chi connectivity index (χ0) is 7.28. The molecule has 0 amide bonds. The maximum Gasteiger partial charge on any atom is 0.0535 e. The van der Waals surface area contributed by atoms with Crippen LogP contribution in [0.1, 0.15) is 12.8 Å². The lowest BCUT2D eigenvalue weighted by Crippen LogP contribution is -2.38. The molecule has 0 aliphatic heterocycles. The zero-order valence-electron chi connectivity index (χ0n) is 5.59. The normalized spacial score (nSPS) is 14.3. The van der Waals surface area contributed by atoms with E-state index >= 15 is 0 Å². The molecular formula is C5H16N4. The van der Waals surface area contributed by atoms with Gasteiger partial charge in [-0.2, -0.15) is 0 Å². The third-order valence-electron chi connectivity index (χ3n) is 1.11. The molecule has 0 saturated carbocycles. The van der Waals surface area contributed by atoms with Crippen LogP contribution in [-0.2, 0) is 0 Å². The molecule has 0 radical (unpaired) electrons. The van der Waals surface area contributed by atoms with Crippen molar-refractivity contribution in [1.29, 1.82) is 0 Å². The Morgan fingerprint density at radius 2 is 1.67 bits per heavy atom. The Bertz CT molecular complexity index is 64.0. The molecule has 1 unspecified atom stereocenters. The maximum absolute atomic E-state index is 5.55. The smallest absolute Gasteiger partial charge is 0.0535 e. The third-order valence-corrected chi connectivity index (χ3v) is 1.11. The largest absolute Gasteiger partial charge is 0.330 e. The summed E-state index contributed by atoms with van der Waals surface area (Å²) in [4.78, 5) is 0. The first-order valence-electron chi connectivity index (χ1n) is 3.13. The van der Waals surface area contributed by atoms with Gasteiger partial charge < -0.3 is 22.9 Å². The molecule has 0 aliphatic carbocycles. The zero-order valence-corrected chi connectivity index (χ0v) is 5.59. The van der Waals surface area contributed by atoms with Crippen molar-refractivity contribution in [3.63, 3.8) is 0 Å². The van der Waals surface area contributed by atoms with Crippen molar-refractivity contribution in [2.24, 2.45) is 22.9 Å². The second-order valence-electron chi connectivity index (χ2n) is 2.24. The average molecular weight is 132 g/mol. The van der Waals surface area contributed by atoms with Crippen LogP contribution in [-0.4, -0.2) is 18.8 Å². The molecule has 0 spiro atoms. The molecule has 8 N–H and O–H groups in total. The van der Waals surface area contributed by atoms with Gasteiger partial charge in [0.15, 0.2) is 0 Å². The van der Waals surface area contributed by atoms with E-state index in [1.54, 1.807) is 0 Å². The molecule has 0 heterocycles. The molecule has 0 fully saturated rings. The summed E-state index contributed by atoms with van der Waals surface area (Å²) in [5.74, 6) is 0. The third kappa shape index (κ3) is 5.72. The van der Waals surface area contributed by atoms with Gasteiger partial charge in [0, 0.05) is 6.04 Å². The second-order valence-corrected chi connectivity index (χ2v) is 2.24. The minimum atomic E-state index is -0.299. The molecule has 0 rings (SSSR count). The molecule has 56 valence electrons. The molecule has 4 nitrogen and oxygen atoms in total. The Kier molecular flexibility index (Phi) is 4.61. The van der Waals surface area contributed by atoms with Crippen molar-refractivity contribution in [2.45, 2.75) is 25.0 Å². The summed E-state index contributed by atoms with van der Waals surface area (Å²) >= 11 is 0. The van der Waals surface area contributed by atoms with Crippen LogP contribution in [0.4, 0.5) is 0 Å². The first-order chi connectivity index (χ1) is 4.16. The van der Waals surface area contributed by atoms with E-state index in [9.17, 15) is 0 Å². The van der Waals surface area contributed by atoms with E-state index < -0.39 is 0 Å². The van der Waals surface area contributed by atoms with Gasteiger partial charge in [0.1, 0.15) is 0 Å². The lowest BCUT2D eigenvalue weighted by molar-refractivity contribution is 0.510. The highest BCUT2D eigenvalue weighted by Crippen LogP contribution is 1.91. The predicted octanol–water partition coefficient (Wildman–Crippen LogP) is -1.70. The summed E-state index contributed by atoms with van der Waals surface area (Å²) in [6, 6.07) is 0.0648. The molecular weight excluding hydrogens is 116 g/mol. The Balaban J connectivity index is 3.15. The van der Waals surface area contributed by atoms with Gasteiger partial charge in [-0.25, -0.2) is 0 Å². The van der Waals surface area contributed by atoms with Gasteiger partial charge in [-0.15, -0.1) is 0 Å². The monoisotopic (exact) mass is 132 g/mol. The molecule has 4 heteroatoms. The molecule has 0 bridgehead atoms. The quantitative estimate of drug-likeness (QED) is 0.342. The Morgan fingerprint density at radius 3 is 2.00 bits per heavy atom. The van der Waals surface area contributed by atoms with Crippen LogP contribution in [0.2, 0.25) is 0 Å². The molecule has 0 aromatic heterocycles. The van der Waals surface area contributed by atoms with Gasteiger partial charge >= 0.3 is 0 Å². The van der Waals surface area contributed by atoms with E-state index in [0.29, 0.717) is 13.0 Å². The van der Waals surface area contributed by atoms with Gasteiger partial charge in [0.2, 0.25) is 0 Å². The van der Waals surface area contributed by atoms with E-state index in [2.05, 4.69) is 0 Å². The van der Waals surface area contributed by atoms with Crippen LogP contribution in [0.5, 0.6) is 0 Å². The van der Waals surface area contributed by atoms with Crippen LogP contribution < -0.4 is 22.9 Å². The lowest BCUT2D eigenvalue weighted by atomic mass is 10.1. The minimum absolute atomic E-state index is 0.0648. The first-order valence-corrected chi connectivity index (χ1v) is 3.13. The van der Waals surface area contributed by atoms with E-state index in [4.69, 9.17) is 22.9 Å². The van der Waals surface area contributed by atoms with E-state index in [-0.39, 0.29) is 12.2 Å². The first kappa shape index (κ1) is 8.84. The standard InChI is InChI=1S/C5H16N4/c6-2-1-4(7)3-5(8)9/h4-5H,1-3,6-9H2. The average Bonchev–Trinajstić information content (AvgIpc) is 1.63.